The maximum Gasteiger partial charge on any atom is 0.259 e. The standard InChI is InChI=1S/C16H20N2O3/c1-11(2)21-9-5-8-18-13(10-17)12-6-4-7-14(20-3)15(12)16(18)19/h4,6-7,11,13H,5,8-9H2,1-3H3. The zero-order valence-electron chi connectivity index (χ0n) is 12.6. The first kappa shape index (κ1) is 15.3. The normalized spacial score (nSPS) is 17.0. The Morgan fingerprint density at radius 3 is 2.81 bits per heavy atom. The molecule has 5 heteroatoms. The second-order valence-electron chi connectivity index (χ2n) is 5.23. The van der Waals surface area contributed by atoms with Crippen LogP contribution in [-0.4, -0.2) is 37.2 Å². The maximum atomic E-state index is 12.5. The third kappa shape index (κ3) is 3.01. The van der Waals surface area contributed by atoms with E-state index in [-0.39, 0.29) is 12.0 Å². The molecular formula is C16H20N2O3. The van der Waals surface area contributed by atoms with Crippen LogP contribution < -0.4 is 4.74 Å². The second-order valence-corrected chi connectivity index (χ2v) is 5.23. The van der Waals surface area contributed by atoms with Crippen LogP contribution in [-0.2, 0) is 4.74 Å². The number of nitrogens with zero attached hydrogens (tertiary/aromatic N) is 2. The van der Waals surface area contributed by atoms with E-state index in [9.17, 15) is 10.1 Å². The van der Waals surface area contributed by atoms with Crippen molar-refractivity contribution in [3.8, 4) is 11.8 Å². The Morgan fingerprint density at radius 1 is 1.43 bits per heavy atom. The number of hydrogen-bond donors (Lipinski definition) is 0. The van der Waals surface area contributed by atoms with Crippen LogP contribution in [0.2, 0.25) is 0 Å². The third-order valence-electron chi connectivity index (χ3n) is 3.48. The molecule has 1 unspecified atom stereocenters. The lowest BCUT2D eigenvalue weighted by molar-refractivity contribution is 0.0610. The first-order chi connectivity index (χ1) is 10.1. The van der Waals surface area contributed by atoms with Crippen LogP contribution in [0.15, 0.2) is 18.2 Å². The van der Waals surface area contributed by atoms with Crippen LogP contribution in [0, 0.1) is 11.3 Å². The van der Waals surface area contributed by atoms with Gasteiger partial charge in [-0.3, -0.25) is 4.79 Å². The Bertz CT molecular complexity index is 563. The van der Waals surface area contributed by atoms with Gasteiger partial charge in [-0.15, -0.1) is 0 Å². The lowest BCUT2D eigenvalue weighted by Gasteiger charge is -2.20. The zero-order valence-corrected chi connectivity index (χ0v) is 12.6. The molecule has 1 aromatic rings. The molecule has 0 saturated heterocycles. The Balaban J connectivity index is 2.15. The van der Waals surface area contributed by atoms with E-state index in [0.29, 0.717) is 30.9 Å². The summed E-state index contributed by atoms with van der Waals surface area (Å²) in [4.78, 5) is 14.1. The van der Waals surface area contributed by atoms with Crippen molar-refractivity contribution >= 4 is 5.91 Å². The molecule has 1 aromatic carbocycles. The summed E-state index contributed by atoms with van der Waals surface area (Å²) in [6.45, 7) is 5.02. The molecule has 0 bridgehead atoms. The van der Waals surface area contributed by atoms with E-state index in [0.717, 1.165) is 5.56 Å². The summed E-state index contributed by atoms with van der Waals surface area (Å²) in [7, 11) is 1.53. The average Bonchev–Trinajstić information content (AvgIpc) is 2.75. The van der Waals surface area contributed by atoms with E-state index < -0.39 is 6.04 Å². The van der Waals surface area contributed by atoms with Crippen LogP contribution in [0.25, 0.3) is 0 Å². The predicted molar refractivity (Wildman–Crippen MR) is 78.1 cm³/mol. The number of ether oxygens (including phenoxy) is 2. The molecule has 1 aliphatic heterocycles. The Morgan fingerprint density at radius 2 is 2.19 bits per heavy atom. The minimum Gasteiger partial charge on any atom is -0.496 e. The fourth-order valence-corrected chi connectivity index (χ4v) is 2.53. The van der Waals surface area contributed by atoms with Crippen molar-refractivity contribution in [2.24, 2.45) is 0 Å². The van der Waals surface area contributed by atoms with Gasteiger partial charge in [0.15, 0.2) is 0 Å². The average molecular weight is 288 g/mol. The molecule has 1 amide bonds. The van der Waals surface area contributed by atoms with Gasteiger partial charge in [0.2, 0.25) is 0 Å². The van der Waals surface area contributed by atoms with Gasteiger partial charge in [-0.05, 0) is 26.3 Å². The zero-order chi connectivity index (χ0) is 15.4. The van der Waals surface area contributed by atoms with Crippen molar-refractivity contribution in [2.45, 2.75) is 32.4 Å². The van der Waals surface area contributed by atoms with E-state index >= 15 is 0 Å². The second kappa shape index (κ2) is 6.59. The van der Waals surface area contributed by atoms with Crippen molar-refractivity contribution < 1.29 is 14.3 Å². The summed E-state index contributed by atoms with van der Waals surface area (Å²) in [6, 6.07) is 7.04. The van der Waals surface area contributed by atoms with Crippen LogP contribution in [0.4, 0.5) is 0 Å². The summed E-state index contributed by atoms with van der Waals surface area (Å²) in [6.07, 6.45) is 0.877. The number of methoxy groups -OCH3 is 1. The number of carbonyl (C=O) groups excluding carboxylic acids is 1. The highest BCUT2D eigenvalue weighted by molar-refractivity contribution is 6.02. The number of fused-ring (bicyclic) bond motifs is 1. The number of amides is 1. The molecule has 0 saturated carbocycles. The number of hydrogen-bond acceptors (Lipinski definition) is 4. The molecule has 0 aromatic heterocycles. The highest BCUT2D eigenvalue weighted by atomic mass is 16.5. The van der Waals surface area contributed by atoms with Crippen molar-refractivity contribution in [1.29, 1.82) is 5.26 Å². The van der Waals surface area contributed by atoms with Gasteiger partial charge in [-0.25, -0.2) is 0 Å². The quantitative estimate of drug-likeness (QED) is 0.755. The van der Waals surface area contributed by atoms with Gasteiger partial charge in [0.05, 0.1) is 24.8 Å². The molecule has 0 spiro atoms. The number of benzene rings is 1. The van der Waals surface area contributed by atoms with Crippen molar-refractivity contribution in [3.63, 3.8) is 0 Å². The van der Waals surface area contributed by atoms with Gasteiger partial charge < -0.3 is 14.4 Å². The summed E-state index contributed by atoms with van der Waals surface area (Å²) < 4.78 is 10.7. The van der Waals surface area contributed by atoms with Crippen LogP contribution in [0.3, 0.4) is 0 Å². The minimum atomic E-state index is -0.540. The molecule has 0 N–H and O–H groups in total. The number of nitriles is 1. The maximum absolute atomic E-state index is 12.5. The summed E-state index contributed by atoms with van der Waals surface area (Å²) in [5.74, 6) is 0.386. The van der Waals surface area contributed by atoms with Crippen LogP contribution >= 0.6 is 0 Å². The molecule has 1 atom stereocenters. The van der Waals surface area contributed by atoms with Gasteiger partial charge in [0.25, 0.3) is 5.91 Å². The summed E-state index contributed by atoms with van der Waals surface area (Å²) in [5.41, 5.74) is 1.24. The van der Waals surface area contributed by atoms with Crippen molar-refractivity contribution in [1.82, 2.24) is 4.90 Å². The highest BCUT2D eigenvalue weighted by Gasteiger charge is 2.38. The number of rotatable bonds is 6. The predicted octanol–water partition coefficient (Wildman–Crippen LogP) is 2.53. The number of carbonyl (C=O) groups is 1. The van der Waals surface area contributed by atoms with Crippen LogP contribution in [0.5, 0.6) is 5.75 Å². The molecule has 1 aliphatic rings. The minimum absolute atomic E-state index is 0.140. The van der Waals surface area contributed by atoms with Crippen molar-refractivity contribution in [2.75, 3.05) is 20.3 Å². The van der Waals surface area contributed by atoms with Gasteiger partial charge in [0, 0.05) is 18.7 Å². The fraction of sp³-hybridized carbons (Fsp3) is 0.500. The monoisotopic (exact) mass is 288 g/mol. The Hall–Kier alpha value is -2.06. The molecule has 112 valence electrons. The molecule has 2 rings (SSSR count). The molecule has 0 aliphatic carbocycles. The molecular weight excluding hydrogens is 268 g/mol. The third-order valence-corrected chi connectivity index (χ3v) is 3.48. The van der Waals surface area contributed by atoms with E-state index in [2.05, 4.69) is 6.07 Å². The lowest BCUT2D eigenvalue weighted by Crippen LogP contribution is -2.29. The highest BCUT2D eigenvalue weighted by Crippen LogP contribution is 2.38. The van der Waals surface area contributed by atoms with E-state index in [1.807, 2.05) is 19.9 Å². The first-order valence-corrected chi connectivity index (χ1v) is 7.09. The Kier molecular flexibility index (Phi) is 4.81. The largest absolute Gasteiger partial charge is 0.496 e. The van der Waals surface area contributed by atoms with Crippen LogP contribution in [0.1, 0.15) is 42.2 Å². The molecule has 0 fully saturated rings. The summed E-state index contributed by atoms with van der Waals surface area (Å²) >= 11 is 0. The van der Waals surface area contributed by atoms with E-state index in [1.54, 1.807) is 17.0 Å². The lowest BCUT2D eigenvalue weighted by atomic mass is 10.0. The molecule has 5 nitrogen and oxygen atoms in total. The fourth-order valence-electron chi connectivity index (χ4n) is 2.53. The smallest absolute Gasteiger partial charge is 0.259 e. The van der Waals surface area contributed by atoms with Gasteiger partial charge >= 0.3 is 0 Å². The van der Waals surface area contributed by atoms with Crippen molar-refractivity contribution in [3.05, 3.63) is 29.3 Å². The Labute approximate surface area is 125 Å². The van der Waals surface area contributed by atoms with E-state index in [4.69, 9.17) is 9.47 Å². The molecule has 1 heterocycles. The topological polar surface area (TPSA) is 62.6 Å². The summed E-state index contributed by atoms with van der Waals surface area (Å²) in [5, 5.41) is 9.39. The van der Waals surface area contributed by atoms with Gasteiger partial charge in [-0.1, -0.05) is 12.1 Å². The molecule has 21 heavy (non-hydrogen) atoms. The first-order valence-electron chi connectivity index (χ1n) is 7.09. The van der Waals surface area contributed by atoms with E-state index in [1.165, 1.54) is 7.11 Å². The SMILES string of the molecule is COc1cccc2c1C(=O)N(CCCOC(C)C)C2C#N. The molecule has 0 radical (unpaired) electrons. The van der Waals surface area contributed by atoms with Gasteiger partial charge in [0.1, 0.15) is 11.8 Å². The van der Waals surface area contributed by atoms with Gasteiger partial charge in [-0.2, -0.15) is 5.26 Å².